The molecule has 7 nitrogen and oxygen atoms in total. The Morgan fingerprint density at radius 3 is 2.24 bits per heavy atom. The zero-order valence-corrected chi connectivity index (χ0v) is 16.3. The minimum absolute atomic E-state index is 0.0726. The lowest BCUT2D eigenvalue weighted by molar-refractivity contribution is -0.387. The Hall–Kier alpha value is -3.20. The van der Waals surface area contributed by atoms with Gasteiger partial charge in [-0.1, -0.05) is 30.0 Å². The second kappa shape index (κ2) is 8.44. The van der Waals surface area contributed by atoms with Crippen molar-refractivity contribution in [3.05, 3.63) is 76.9 Å². The first-order valence-corrected chi connectivity index (χ1v) is 9.91. The van der Waals surface area contributed by atoms with E-state index in [1.165, 1.54) is 30.2 Å². The SMILES string of the molecule is O=[N+]([O-])c1c(Sc2ccccc2)ncnc1N1CCN(c2ccc(F)cc2)CC1. The molecular weight excluding hydrogens is 393 g/mol. The van der Waals surface area contributed by atoms with Gasteiger partial charge in [0, 0.05) is 36.8 Å². The van der Waals surface area contributed by atoms with Gasteiger partial charge in [0.2, 0.25) is 5.82 Å². The fourth-order valence-electron chi connectivity index (χ4n) is 3.25. The first-order chi connectivity index (χ1) is 14.1. The van der Waals surface area contributed by atoms with Crippen LogP contribution in [0.25, 0.3) is 0 Å². The molecule has 0 spiro atoms. The smallest absolute Gasteiger partial charge is 0.343 e. The van der Waals surface area contributed by atoms with Gasteiger partial charge in [0.25, 0.3) is 0 Å². The largest absolute Gasteiger partial charge is 0.368 e. The van der Waals surface area contributed by atoms with Crippen LogP contribution >= 0.6 is 11.8 Å². The number of anilines is 2. The highest BCUT2D eigenvalue weighted by molar-refractivity contribution is 7.99. The summed E-state index contributed by atoms with van der Waals surface area (Å²) in [7, 11) is 0. The maximum atomic E-state index is 13.1. The van der Waals surface area contributed by atoms with Crippen molar-refractivity contribution >= 4 is 29.0 Å². The molecule has 0 radical (unpaired) electrons. The van der Waals surface area contributed by atoms with Gasteiger partial charge in [-0.3, -0.25) is 10.1 Å². The lowest BCUT2D eigenvalue weighted by Crippen LogP contribution is -2.47. The Balaban J connectivity index is 1.55. The lowest BCUT2D eigenvalue weighted by atomic mass is 10.2. The quantitative estimate of drug-likeness (QED) is 0.357. The third kappa shape index (κ3) is 4.29. The highest BCUT2D eigenvalue weighted by Crippen LogP contribution is 2.38. The number of nitro groups is 1. The molecule has 1 aromatic heterocycles. The Morgan fingerprint density at radius 1 is 0.931 bits per heavy atom. The van der Waals surface area contributed by atoms with Gasteiger partial charge >= 0.3 is 5.69 Å². The molecule has 1 aliphatic heterocycles. The van der Waals surface area contributed by atoms with Crippen LogP contribution < -0.4 is 9.80 Å². The monoisotopic (exact) mass is 411 g/mol. The molecule has 9 heteroatoms. The van der Waals surface area contributed by atoms with Crippen LogP contribution in [-0.2, 0) is 0 Å². The van der Waals surface area contributed by atoms with Crippen LogP contribution in [0.1, 0.15) is 0 Å². The molecule has 3 aromatic rings. The maximum Gasteiger partial charge on any atom is 0.343 e. The Kier molecular flexibility index (Phi) is 5.57. The van der Waals surface area contributed by atoms with E-state index in [4.69, 9.17) is 0 Å². The maximum absolute atomic E-state index is 13.1. The first-order valence-electron chi connectivity index (χ1n) is 9.09. The normalized spacial score (nSPS) is 14.1. The van der Waals surface area contributed by atoms with Crippen LogP contribution in [0.15, 0.2) is 70.8 Å². The number of piperazine rings is 1. The minimum Gasteiger partial charge on any atom is -0.368 e. The minimum atomic E-state index is -0.410. The van der Waals surface area contributed by atoms with Gasteiger partial charge in [0.15, 0.2) is 5.03 Å². The van der Waals surface area contributed by atoms with Crippen molar-refractivity contribution in [3.8, 4) is 0 Å². The van der Waals surface area contributed by atoms with Gasteiger partial charge in [-0.15, -0.1) is 0 Å². The van der Waals surface area contributed by atoms with Crippen molar-refractivity contribution < 1.29 is 9.31 Å². The summed E-state index contributed by atoms with van der Waals surface area (Å²) >= 11 is 1.25. The molecule has 0 N–H and O–H groups in total. The summed E-state index contributed by atoms with van der Waals surface area (Å²) in [5.41, 5.74) is 0.861. The molecule has 0 amide bonds. The van der Waals surface area contributed by atoms with Crippen LogP contribution in [0.4, 0.5) is 21.6 Å². The van der Waals surface area contributed by atoms with Crippen LogP contribution in [0.3, 0.4) is 0 Å². The van der Waals surface area contributed by atoms with Crippen LogP contribution in [0.2, 0.25) is 0 Å². The lowest BCUT2D eigenvalue weighted by Gasteiger charge is -2.36. The molecule has 29 heavy (non-hydrogen) atoms. The molecule has 0 aliphatic carbocycles. The summed E-state index contributed by atoms with van der Waals surface area (Å²) in [4.78, 5) is 24.7. The van der Waals surface area contributed by atoms with E-state index in [1.807, 2.05) is 35.2 Å². The third-order valence-electron chi connectivity index (χ3n) is 4.68. The second-order valence-corrected chi connectivity index (χ2v) is 7.54. The number of aromatic nitrogens is 2. The van der Waals surface area contributed by atoms with Crippen LogP contribution in [0.5, 0.6) is 0 Å². The van der Waals surface area contributed by atoms with E-state index in [0.717, 1.165) is 10.6 Å². The van der Waals surface area contributed by atoms with E-state index >= 15 is 0 Å². The Labute approximate surface area is 171 Å². The van der Waals surface area contributed by atoms with Crippen LogP contribution in [-0.4, -0.2) is 41.1 Å². The van der Waals surface area contributed by atoms with Crippen molar-refractivity contribution in [1.82, 2.24) is 9.97 Å². The fourth-order valence-corrected chi connectivity index (χ4v) is 4.13. The van der Waals surface area contributed by atoms with E-state index in [0.29, 0.717) is 37.0 Å². The average Bonchev–Trinajstić information content (AvgIpc) is 2.75. The van der Waals surface area contributed by atoms with Crippen molar-refractivity contribution in [1.29, 1.82) is 0 Å². The van der Waals surface area contributed by atoms with E-state index in [2.05, 4.69) is 14.9 Å². The van der Waals surface area contributed by atoms with E-state index in [-0.39, 0.29) is 11.5 Å². The van der Waals surface area contributed by atoms with Crippen molar-refractivity contribution in [2.75, 3.05) is 36.0 Å². The van der Waals surface area contributed by atoms with Crippen molar-refractivity contribution in [2.24, 2.45) is 0 Å². The molecule has 1 saturated heterocycles. The molecule has 4 rings (SSSR count). The van der Waals surface area contributed by atoms with E-state index in [9.17, 15) is 14.5 Å². The summed E-state index contributed by atoms with van der Waals surface area (Å²) in [6, 6.07) is 15.8. The molecule has 0 bridgehead atoms. The summed E-state index contributed by atoms with van der Waals surface area (Å²) in [6.45, 7) is 2.47. The summed E-state index contributed by atoms with van der Waals surface area (Å²) < 4.78 is 13.1. The standard InChI is InChI=1S/C20H18FN5O2S/c21-15-6-8-16(9-7-15)24-10-12-25(13-11-24)19-18(26(27)28)20(23-14-22-19)29-17-4-2-1-3-5-17/h1-9,14H,10-13H2. The van der Waals surface area contributed by atoms with Crippen LogP contribution in [0, 0.1) is 15.9 Å². The summed E-state index contributed by atoms with van der Waals surface area (Å²) in [5, 5.41) is 12.2. The molecule has 2 aromatic carbocycles. The average molecular weight is 411 g/mol. The molecule has 0 atom stereocenters. The van der Waals surface area contributed by atoms with Gasteiger partial charge in [-0.2, -0.15) is 0 Å². The summed E-state index contributed by atoms with van der Waals surface area (Å²) in [5.74, 6) is 0.0645. The molecule has 0 unspecified atom stereocenters. The number of hydrogen-bond acceptors (Lipinski definition) is 7. The second-order valence-electron chi connectivity index (χ2n) is 6.47. The molecule has 1 fully saturated rings. The topological polar surface area (TPSA) is 75.4 Å². The number of rotatable bonds is 5. The van der Waals surface area contributed by atoms with Crippen molar-refractivity contribution in [3.63, 3.8) is 0 Å². The predicted octanol–water partition coefficient (Wildman–Crippen LogP) is 4.00. The van der Waals surface area contributed by atoms with Gasteiger partial charge in [-0.25, -0.2) is 14.4 Å². The Morgan fingerprint density at radius 2 is 1.59 bits per heavy atom. The number of nitrogens with zero attached hydrogens (tertiary/aromatic N) is 5. The highest BCUT2D eigenvalue weighted by atomic mass is 32.2. The molecule has 148 valence electrons. The Bertz CT molecular complexity index is 996. The molecule has 1 aliphatic rings. The molecular formula is C20H18FN5O2S. The van der Waals surface area contributed by atoms with E-state index in [1.54, 1.807) is 12.1 Å². The molecule has 0 saturated carbocycles. The van der Waals surface area contributed by atoms with Gasteiger partial charge in [-0.05, 0) is 36.4 Å². The first kappa shape index (κ1) is 19.1. The zero-order valence-electron chi connectivity index (χ0n) is 15.4. The van der Waals surface area contributed by atoms with Gasteiger partial charge in [0.05, 0.1) is 4.92 Å². The van der Waals surface area contributed by atoms with Gasteiger partial charge < -0.3 is 9.80 Å². The summed E-state index contributed by atoms with van der Waals surface area (Å²) in [6.07, 6.45) is 1.37. The predicted molar refractivity (Wildman–Crippen MR) is 110 cm³/mol. The number of benzene rings is 2. The van der Waals surface area contributed by atoms with Gasteiger partial charge in [0.1, 0.15) is 12.1 Å². The van der Waals surface area contributed by atoms with Crippen molar-refractivity contribution in [2.45, 2.75) is 9.92 Å². The third-order valence-corrected chi connectivity index (χ3v) is 5.68. The zero-order chi connectivity index (χ0) is 20.2. The fraction of sp³-hybridized carbons (Fsp3) is 0.200. The molecule has 2 heterocycles. The number of hydrogen-bond donors (Lipinski definition) is 0. The van der Waals surface area contributed by atoms with E-state index < -0.39 is 4.92 Å². The highest BCUT2D eigenvalue weighted by Gasteiger charge is 2.29. The number of halogens is 1.